The molecule has 86 valence electrons. The van der Waals surface area contributed by atoms with Gasteiger partial charge in [-0.1, -0.05) is 26.3 Å². The van der Waals surface area contributed by atoms with Crippen LogP contribution >= 0.6 is 0 Å². The predicted octanol–water partition coefficient (Wildman–Crippen LogP) is 3.13. The number of nitrogens with zero attached hydrogens (tertiary/aromatic N) is 2. The molecule has 0 N–H and O–H groups in total. The van der Waals surface area contributed by atoms with Crippen LogP contribution in [0, 0.1) is 17.2 Å². The van der Waals surface area contributed by atoms with E-state index in [4.69, 9.17) is 10.00 Å². The van der Waals surface area contributed by atoms with Crippen LogP contribution in [0.4, 0.5) is 0 Å². The van der Waals surface area contributed by atoms with E-state index in [0.29, 0.717) is 18.2 Å². The fourth-order valence-electron chi connectivity index (χ4n) is 1.86. The van der Waals surface area contributed by atoms with Crippen molar-refractivity contribution in [1.29, 1.82) is 5.26 Å². The van der Waals surface area contributed by atoms with E-state index in [1.165, 1.54) is 0 Å². The molecule has 0 radical (unpaired) electrons. The summed E-state index contributed by atoms with van der Waals surface area (Å²) in [5.74, 6) is 1.31. The van der Waals surface area contributed by atoms with E-state index in [1.54, 1.807) is 13.3 Å². The smallest absolute Gasteiger partial charge is 0.216 e. The molecule has 1 aromatic rings. The largest absolute Gasteiger partial charge is 0.481 e. The van der Waals surface area contributed by atoms with Crippen LogP contribution in [0.2, 0.25) is 0 Å². The van der Waals surface area contributed by atoms with Crippen molar-refractivity contribution in [1.82, 2.24) is 4.98 Å². The molecule has 3 nitrogen and oxygen atoms in total. The average Bonchev–Trinajstić information content (AvgIpc) is 2.35. The summed E-state index contributed by atoms with van der Waals surface area (Å²) < 4.78 is 5.25. The van der Waals surface area contributed by atoms with Gasteiger partial charge in [0.15, 0.2) is 0 Å². The Morgan fingerprint density at radius 1 is 1.56 bits per heavy atom. The van der Waals surface area contributed by atoms with E-state index in [0.717, 1.165) is 12.0 Å². The lowest BCUT2D eigenvalue weighted by Crippen LogP contribution is -2.10. The highest BCUT2D eigenvalue weighted by Gasteiger charge is 2.21. The first-order chi connectivity index (χ1) is 7.74. The number of aromatic nitrogens is 1. The minimum atomic E-state index is 0.207. The first kappa shape index (κ1) is 12.5. The van der Waals surface area contributed by atoms with Crippen molar-refractivity contribution in [2.45, 2.75) is 32.6 Å². The monoisotopic (exact) mass is 218 g/mol. The Labute approximate surface area is 97.1 Å². The van der Waals surface area contributed by atoms with Crippen molar-refractivity contribution >= 4 is 0 Å². The van der Waals surface area contributed by atoms with Crippen molar-refractivity contribution in [2.75, 3.05) is 7.11 Å². The maximum atomic E-state index is 8.89. The van der Waals surface area contributed by atoms with Gasteiger partial charge in [0.1, 0.15) is 0 Å². The van der Waals surface area contributed by atoms with Gasteiger partial charge < -0.3 is 4.74 Å². The number of hydrogen-bond donors (Lipinski definition) is 0. The van der Waals surface area contributed by atoms with Gasteiger partial charge in [-0.2, -0.15) is 5.26 Å². The highest BCUT2D eigenvalue weighted by Crippen LogP contribution is 2.34. The summed E-state index contributed by atoms with van der Waals surface area (Å²) in [7, 11) is 1.62. The Bertz CT molecular complexity index is 370. The number of methoxy groups -OCH3 is 1. The van der Waals surface area contributed by atoms with Gasteiger partial charge in [-0.05, 0) is 12.0 Å². The molecule has 3 heteroatoms. The lowest BCUT2D eigenvalue weighted by molar-refractivity contribution is 0.372. The van der Waals surface area contributed by atoms with Crippen LogP contribution < -0.4 is 4.74 Å². The zero-order chi connectivity index (χ0) is 12.0. The van der Waals surface area contributed by atoms with Crippen LogP contribution in [0.3, 0.4) is 0 Å². The summed E-state index contributed by atoms with van der Waals surface area (Å²) in [4.78, 5) is 4.19. The summed E-state index contributed by atoms with van der Waals surface area (Å²) in [6.07, 6.45) is 3.27. The second kappa shape index (κ2) is 6.12. The van der Waals surface area contributed by atoms with E-state index >= 15 is 0 Å². The molecule has 0 saturated carbocycles. The summed E-state index contributed by atoms with van der Waals surface area (Å²) in [5.41, 5.74) is 1.04. The highest BCUT2D eigenvalue weighted by atomic mass is 16.5. The van der Waals surface area contributed by atoms with Gasteiger partial charge >= 0.3 is 0 Å². The van der Waals surface area contributed by atoms with Crippen LogP contribution in [0.5, 0.6) is 5.88 Å². The van der Waals surface area contributed by atoms with Crippen LogP contribution in [0.1, 0.15) is 38.2 Å². The Kier molecular flexibility index (Phi) is 4.78. The Balaban J connectivity index is 3.05. The van der Waals surface area contributed by atoms with Crippen molar-refractivity contribution in [2.24, 2.45) is 5.92 Å². The second-order valence-corrected chi connectivity index (χ2v) is 3.96. The number of hydrogen-bond acceptors (Lipinski definition) is 3. The topological polar surface area (TPSA) is 45.9 Å². The van der Waals surface area contributed by atoms with E-state index < -0.39 is 0 Å². The van der Waals surface area contributed by atoms with Crippen molar-refractivity contribution < 1.29 is 4.74 Å². The fourth-order valence-corrected chi connectivity index (χ4v) is 1.86. The molecule has 2 unspecified atom stereocenters. The normalized spacial score (nSPS) is 13.9. The first-order valence-electron chi connectivity index (χ1n) is 5.60. The van der Waals surface area contributed by atoms with Gasteiger partial charge in [-0.15, -0.1) is 0 Å². The van der Waals surface area contributed by atoms with E-state index in [1.807, 2.05) is 12.1 Å². The Morgan fingerprint density at radius 3 is 2.88 bits per heavy atom. The molecule has 0 aromatic carbocycles. The van der Waals surface area contributed by atoms with E-state index in [-0.39, 0.29) is 5.92 Å². The van der Waals surface area contributed by atoms with Gasteiger partial charge in [0, 0.05) is 24.1 Å². The Hall–Kier alpha value is -1.56. The fraction of sp³-hybridized carbons (Fsp3) is 0.538. The number of ether oxygens (including phenoxy) is 1. The summed E-state index contributed by atoms with van der Waals surface area (Å²) in [6.45, 7) is 4.30. The number of pyridine rings is 1. The molecular formula is C13H18N2O. The molecule has 0 spiro atoms. The van der Waals surface area contributed by atoms with Gasteiger partial charge in [-0.3, -0.25) is 0 Å². The highest BCUT2D eigenvalue weighted by molar-refractivity contribution is 5.30. The molecule has 0 amide bonds. The molecule has 16 heavy (non-hydrogen) atoms. The van der Waals surface area contributed by atoms with E-state index in [2.05, 4.69) is 24.9 Å². The summed E-state index contributed by atoms with van der Waals surface area (Å²) in [5, 5.41) is 8.89. The SMILES string of the molecule is CCC(C)C(CC#N)c1cccnc1OC. The molecule has 0 saturated heterocycles. The van der Waals surface area contributed by atoms with Gasteiger partial charge in [0.2, 0.25) is 5.88 Å². The van der Waals surface area contributed by atoms with Gasteiger partial charge in [0.25, 0.3) is 0 Å². The minimum absolute atomic E-state index is 0.207. The summed E-state index contributed by atoms with van der Waals surface area (Å²) >= 11 is 0. The number of nitriles is 1. The predicted molar refractivity (Wildman–Crippen MR) is 63.2 cm³/mol. The quantitative estimate of drug-likeness (QED) is 0.762. The van der Waals surface area contributed by atoms with Crippen LogP contribution in [0.25, 0.3) is 0 Å². The molecule has 2 atom stereocenters. The van der Waals surface area contributed by atoms with Crippen molar-refractivity contribution in [3.05, 3.63) is 23.9 Å². The standard InChI is InChI=1S/C13H18N2O/c1-4-10(2)11(7-8-14)12-6-5-9-15-13(12)16-3/h5-6,9-11H,4,7H2,1-3H3. The first-order valence-corrected chi connectivity index (χ1v) is 5.60. The minimum Gasteiger partial charge on any atom is -0.481 e. The number of rotatable bonds is 5. The summed E-state index contributed by atoms with van der Waals surface area (Å²) in [6, 6.07) is 6.14. The molecule has 0 aliphatic carbocycles. The second-order valence-electron chi connectivity index (χ2n) is 3.96. The lowest BCUT2D eigenvalue weighted by Gasteiger charge is -2.21. The molecule has 0 fully saturated rings. The van der Waals surface area contributed by atoms with Gasteiger partial charge in [0.05, 0.1) is 13.2 Å². The lowest BCUT2D eigenvalue weighted by atomic mass is 9.84. The van der Waals surface area contributed by atoms with Crippen molar-refractivity contribution in [3.8, 4) is 11.9 Å². The molecule has 0 bridgehead atoms. The molecule has 1 heterocycles. The van der Waals surface area contributed by atoms with Crippen molar-refractivity contribution in [3.63, 3.8) is 0 Å². The molecular weight excluding hydrogens is 200 g/mol. The maximum absolute atomic E-state index is 8.89. The van der Waals surface area contributed by atoms with Crippen LogP contribution in [-0.4, -0.2) is 12.1 Å². The van der Waals surface area contributed by atoms with E-state index in [9.17, 15) is 0 Å². The van der Waals surface area contributed by atoms with Crippen LogP contribution in [-0.2, 0) is 0 Å². The third-order valence-electron chi connectivity index (χ3n) is 3.04. The molecule has 1 aromatic heterocycles. The zero-order valence-corrected chi connectivity index (χ0v) is 10.1. The maximum Gasteiger partial charge on any atom is 0.216 e. The third-order valence-corrected chi connectivity index (χ3v) is 3.04. The Morgan fingerprint density at radius 2 is 2.31 bits per heavy atom. The van der Waals surface area contributed by atoms with Gasteiger partial charge in [-0.25, -0.2) is 4.98 Å². The average molecular weight is 218 g/mol. The zero-order valence-electron chi connectivity index (χ0n) is 10.1. The molecule has 0 aliphatic heterocycles. The van der Waals surface area contributed by atoms with Crippen LogP contribution in [0.15, 0.2) is 18.3 Å². The molecule has 0 aliphatic rings. The molecule has 1 rings (SSSR count). The third kappa shape index (κ3) is 2.73.